The number of fused-ring (bicyclic) bond motifs is 1. The summed E-state index contributed by atoms with van der Waals surface area (Å²) in [5.74, 6) is 0.687. The van der Waals surface area contributed by atoms with E-state index in [0.717, 1.165) is 5.75 Å². The van der Waals surface area contributed by atoms with Crippen molar-refractivity contribution < 1.29 is 14.3 Å². The smallest absolute Gasteiger partial charge is 0.336 e. The standard InChI is InChI=1S/C20H23N3O4S/c1-5-27-19(25)14-11(3)21-17-16(18(24)23-20(22-17)28-6-2)15(14)12-9-7-8-10-13(12)26-4/h7-10,15H,5-6H2,1-4H3,(H2,21,22,23,24). The van der Waals surface area contributed by atoms with E-state index in [1.54, 1.807) is 27.0 Å². The maximum Gasteiger partial charge on any atom is 0.336 e. The minimum Gasteiger partial charge on any atom is -0.496 e. The number of methoxy groups -OCH3 is 1. The first-order valence-electron chi connectivity index (χ1n) is 9.06. The van der Waals surface area contributed by atoms with Gasteiger partial charge in [0, 0.05) is 11.3 Å². The molecule has 0 radical (unpaired) electrons. The minimum atomic E-state index is -0.650. The first-order chi connectivity index (χ1) is 13.5. The topological polar surface area (TPSA) is 93.3 Å². The third kappa shape index (κ3) is 3.64. The van der Waals surface area contributed by atoms with Gasteiger partial charge in [-0.2, -0.15) is 0 Å². The van der Waals surface area contributed by atoms with Crippen LogP contribution in [0.4, 0.5) is 5.82 Å². The molecule has 2 N–H and O–H groups in total. The van der Waals surface area contributed by atoms with Gasteiger partial charge in [0.1, 0.15) is 11.6 Å². The van der Waals surface area contributed by atoms with Crippen molar-refractivity contribution in [1.82, 2.24) is 9.97 Å². The number of anilines is 1. The Morgan fingerprint density at radius 1 is 1.29 bits per heavy atom. The normalized spacial score (nSPS) is 15.6. The van der Waals surface area contributed by atoms with E-state index in [9.17, 15) is 9.59 Å². The minimum absolute atomic E-state index is 0.238. The zero-order chi connectivity index (χ0) is 20.3. The van der Waals surface area contributed by atoms with Crippen molar-refractivity contribution in [3.05, 3.63) is 57.0 Å². The molecule has 0 amide bonds. The van der Waals surface area contributed by atoms with E-state index in [1.165, 1.54) is 11.8 Å². The first-order valence-corrected chi connectivity index (χ1v) is 10.0. The number of benzene rings is 1. The maximum absolute atomic E-state index is 13.0. The van der Waals surface area contributed by atoms with Crippen molar-refractivity contribution in [2.24, 2.45) is 0 Å². The first kappa shape index (κ1) is 20.0. The van der Waals surface area contributed by atoms with Crippen molar-refractivity contribution in [3.63, 3.8) is 0 Å². The van der Waals surface area contributed by atoms with Gasteiger partial charge in [-0.1, -0.05) is 36.9 Å². The zero-order valence-electron chi connectivity index (χ0n) is 16.3. The van der Waals surface area contributed by atoms with E-state index < -0.39 is 11.9 Å². The number of carbonyl (C=O) groups is 1. The molecule has 0 saturated carbocycles. The predicted molar refractivity (Wildman–Crippen MR) is 109 cm³/mol. The highest BCUT2D eigenvalue weighted by Crippen LogP contribution is 2.43. The lowest BCUT2D eigenvalue weighted by Gasteiger charge is -2.29. The Morgan fingerprint density at radius 3 is 2.71 bits per heavy atom. The van der Waals surface area contributed by atoms with Crippen molar-refractivity contribution in [2.45, 2.75) is 31.8 Å². The molecule has 8 heteroatoms. The molecule has 1 unspecified atom stereocenters. The average molecular weight is 401 g/mol. The molecule has 0 saturated heterocycles. The Labute approximate surface area is 167 Å². The second-order valence-electron chi connectivity index (χ2n) is 6.13. The predicted octanol–water partition coefficient (Wildman–Crippen LogP) is 3.29. The van der Waals surface area contributed by atoms with Crippen LogP contribution in [0.15, 0.2) is 45.5 Å². The second kappa shape index (κ2) is 8.52. The number of hydrogen-bond acceptors (Lipinski definition) is 7. The van der Waals surface area contributed by atoms with Crippen molar-refractivity contribution >= 4 is 23.5 Å². The van der Waals surface area contributed by atoms with Crippen LogP contribution in [-0.2, 0) is 9.53 Å². The molecule has 1 aliphatic heterocycles. The molecule has 0 spiro atoms. The molecule has 28 heavy (non-hydrogen) atoms. The summed E-state index contributed by atoms with van der Waals surface area (Å²) in [7, 11) is 1.56. The fraction of sp³-hybridized carbons (Fsp3) is 0.350. The summed E-state index contributed by atoms with van der Waals surface area (Å²) in [5.41, 5.74) is 1.77. The number of nitrogens with one attached hydrogen (secondary N) is 2. The Morgan fingerprint density at radius 2 is 2.04 bits per heavy atom. The van der Waals surface area contributed by atoms with Gasteiger partial charge in [-0.15, -0.1) is 0 Å². The molecule has 1 atom stereocenters. The fourth-order valence-corrected chi connectivity index (χ4v) is 3.93. The Hall–Kier alpha value is -2.74. The largest absolute Gasteiger partial charge is 0.496 e. The number of hydrogen-bond donors (Lipinski definition) is 2. The lowest BCUT2D eigenvalue weighted by Crippen LogP contribution is -2.31. The van der Waals surface area contributed by atoms with Crippen LogP contribution in [-0.4, -0.2) is 35.4 Å². The highest BCUT2D eigenvalue weighted by molar-refractivity contribution is 7.99. The van der Waals surface area contributed by atoms with Crippen LogP contribution in [0.2, 0.25) is 0 Å². The van der Waals surface area contributed by atoms with Crippen LogP contribution in [0, 0.1) is 0 Å². The van der Waals surface area contributed by atoms with Gasteiger partial charge in [0.05, 0.1) is 30.8 Å². The Bertz CT molecular complexity index is 984. The van der Waals surface area contributed by atoms with Gasteiger partial charge in [0.15, 0.2) is 5.16 Å². The van der Waals surface area contributed by atoms with E-state index in [4.69, 9.17) is 9.47 Å². The summed E-state index contributed by atoms with van der Waals surface area (Å²) in [5, 5.41) is 3.65. The summed E-state index contributed by atoms with van der Waals surface area (Å²) < 4.78 is 10.8. The third-order valence-electron chi connectivity index (χ3n) is 4.45. The number of ether oxygens (including phenoxy) is 2. The second-order valence-corrected chi connectivity index (χ2v) is 7.38. The molecular formula is C20H23N3O4S. The highest BCUT2D eigenvalue weighted by Gasteiger charge is 2.37. The molecule has 1 aliphatic rings. The van der Waals surface area contributed by atoms with E-state index in [1.807, 2.05) is 25.1 Å². The molecule has 1 aromatic heterocycles. The monoisotopic (exact) mass is 401 g/mol. The van der Waals surface area contributed by atoms with E-state index >= 15 is 0 Å². The maximum atomic E-state index is 13.0. The van der Waals surface area contributed by atoms with Gasteiger partial charge in [-0.3, -0.25) is 4.79 Å². The Balaban J connectivity index is 2.28. The molecule has 0 bridgehead atoms. The summed E-state index contributed by atoms with van der Waals surface area (Å²) in [6.07, 6.45) is 0. The van der Waals surface area contributed by atoms with E-state index in [0.29, 0.717) is 39.1 Å². The van der Waals surface area contributed by atoms with Crippen LogP contribution < -0.4 is 15.6 Å². The number of para-hydroxylation sites is 1. The number of allylic oxidation sites excluding steroid dienone is 1. The SMILES string of the molecule is CCOC(=O)C1=C(C)Nc2nc(SCC)[nH]c(=O)c2C1c1ccccc1OC. The van der Waals surface area contributed by atoms with Crippen LogP contribution >= 0.6 is 11.8 Å². The number of aromatic amines is 1. The number of H-pyrrole nitrogens is 1. The van der Waals surface area contributed by atoms with Crippen LogP contribution in [0.3, 0.4) is 0 Å². The van der Waals surface area contributed by atoms with E-state index in [-0.39, 0.29) is 12.2 Å². The molecule has 2 heterocycles. The van der Waals surface area contributed by atoms with E-state index in [2.05, 4.69) is 15.3 Å². The van der Waals surface area contributed by atoms with Crippen molar-refractivity contribution in [2.75, 3.05) is 24.8 Å². The van der Waals surface area contributed by atoms with Gasteiger partial charge in [0.25, 0.3) is 5.56 Å². The number of esters is 1. The summed E-state index contributed by atoms with van der Waals surface area (Å²) in [6, 6.07) is 7.34. The molecule has 0 fully saturated rings. The number of aromatic nitrogens is 2. The molecule has 2 aromatic rings. The number of carbonyl (C=O) groups excluding carboxylic acids is 1. The lowest BCUT2D eigenvalue weighted by molar-refractivity contribution is -0.138. The number of thioether (sulfide) groups is 1. The number of nitrogens with zero attached hydrogens (tertiary/aromatic N) is 1. The van der Waals surface area contributed by atoms with Crippen molar-refractivity contribution in [3.8, 4) is 5.75 Å². The Kier molecular flexibility index (Phi) is 6.08. The highest BCUT2D eigenvalue weighted by atomic mass is 32.2. The van der Waals surface area contributed by atoms with Gasteiger partial charge >= 0.3 is 5.97 Å². The molecule has 1 aromatic carbocycles. The van der Waals surface area contributed by atoms with Crippen LogP contribution in [0.1, 0.15) is 37.8 Å². The third-order valence-corrected chi connectivity index (χ3v) is 5.20. The van der Waals surface area contributed by atoms with Crippen LogP contribution in [0.5, 0.6) is 5.75 Å². The molecule has 3 rings (SSSR count). The van der Waals surface area contributed by atoms with Gasteiger partial charge in [-0.05, 0) is 25.7 Å². The zero-order valence-corrected chi connectivity index (χ0v) is 17.1. The average Bonchev–Trinajstić information content (AvgIpc) is 2.67. The van der Waals surface area contributed by atoms with Gasteiger partial charge < -0.3 is 19.8 Å². The van der Waals surface area contributed by atoms with Gasteiger partial charge in [-0.25, -0.2) is 9.78 Å². The van der Waals surface area contributed by atoms with Crippen LogP contribution in [0.25, 0.3) is 0 Å². The summed E-state index contributed by atoms with van der Waals surface area (Å²) in [6.45, 7) is 5.76. The lowest BCUT2D eigenvalue weighted by atomic mass is 9.82. The molecule has 148 valence electrons. The summed E-state index contributed by atoms with van der Waals surface area (Å²) >= 11 is 1.44. The molecule has 7 nitrogen and oxygen atoms in total. The molecule has 0 aliphatic carbocycles. The van der Waals surface area contributed by atoms with Crippen molar-refractivity contribution in [1.29, 1.82) is 0 Å². The number of rotatable bonds is 6. The van der Waals surface area contributed by atoms with Gasteiger partial charge in [0.2, 0.25) is 0 Å². The summed E-state index contributed by atoms with van der Waals surface area (Å²) in [4.78, 5) is 33.2. The molecular weight excluding hydrogens is 378 g/mol. The quantitative estimate of drug-likeness (QED) is 0.436. The fourth-order valence-electron chi connectivity index (χ4n) is 3.33.